The monoisotopic (exact) mass is 590 g/mol. The van der Waals surface area contributed by atoms with Gasteiger partial charge < -0.3 is 14.8 Å². The number of hydrogen-bond donors (Lipinski definition) is 1. The zero-order valence-corrected chi connectivity index (χ0v) is 25.2. The Labute approximate surface area is 247 Å². The number of anilines is 1. The summed E-state index contributed by atoms with van der Waals surface area (Å²) in [6.07, 6.45) is 5.94. The molecule has 4 aromatic rings. The Morgan fingerprint density at radius 1 is 1.17 bits per heavy atom. The zero-order valence-electron chi connectivity index (χ0n) is 24.4. The van der Waals surface area contributed by atoms with Gasteiger partial charge in [-0.3, -0.25) is 19.1 Å². The van der Waals surface area contributed by atoms with E-state index in [-0.39, 0.29) is 35.8 Å². The van der Waals surface area contributed by atoms with Crippen molar-refractivity contribution in [2.45, 2.75) is 77.0 Å². The minimum Gasteiger partial charge on any atom is -0.480 e. The Morgan fingerprint density at radius 3 is 2.62 bits per heavy atom. The third-order valence-electron chi connectivity index (χ3n) is 7.02. The number of aromatic nitrogens is 7. The second-order valence-corrected chi connectivity index (χ2v) is 11.4. The highest BCUT2D eigenvalue weighted by Gasteiger charge is 2.32. The number of nitrogens with zero attached hydrogens (tertiary/aromatic N) is 7. The van der Waals surface area contributed by atoms with Crippen LogP contribution in [0, 0.1) is 0 Å². The lowest BCUT2D eigenvalue weighted by molar-refractivity contribution is -0.142. The lowest BCUT2D eigenvalue weighted by Crippen LogP contribution is -2.29. The molecule has 0 bridgehead atoms. The number of pyridine rings is 1. The molecular formula is C29H34N8O4S. The lowest BCUT2D eigenvalue weighted by atomic mass is 10.1. The molecule has 4 heterocycles. The zero-order chi connectivity index (χ0) is 29.8. The van der Waals surface area contributed by atoms with E-state index < -0.39 is 5.97 Å². The van der Waals surface area contributed by atoms with Crippen LogP contribution in [0.25, 0.3) is 22.6 Å². The van der Waals surface area contributed by atoms with Crippen LogP contribution in [-0.4, -0.2) is 53.3 Å². The molecule has 0 aliphatic heterocycles. The van der Waals surface area contributed by atoms with E-state index in [0.29, 0.717) is 41.3 Å². The number of ether oxygens (including phenoxy) is 2. The number of fused-ring (bicyclic) bond motifs is 1. The molecule has 1 N–H and O–H groups in total. The number of carbonyl (C=O) groups is 1. The van der Waals surface area contributed by atoms with Crippen molar-refractivity contribution in [1.82, 2.24) is 34.5 Å². The van der Waals surface area contributed by atoms with Crippen LogP contribution in [-0.2, 0) is 22.7 Å². The Kier molecular flexibility index (Phi) is 8.95. The fraction of sp³-hybridized carbons (Fsp3) is 0.448. The molecule has 0 spiro atoms. The first-order chi connectivity index (χ1) is 20.3. The van der Waals surface area contributed by atoms with Crippen LogP contribution < -0.4 is 15.6 Å². The van der Waals surface area contributed by atoms with Crippen molar-refractivity contribution in [2.24, 2.45) is 0 Å². The summed E-state index contributed by atoms with van der Waals surface area (Å²) < 4.78 is 12.6. The average molecular weight is 591 g/mol. The third-order valence-corrected chi connectivity index (χ3v) is 7.89. The molecule has 4 aromatic heterocycles. The summed E-state index contributed by atoms with van der Waals surface area (Å²) >= 11 is 1.71. The Morgan fingerprint density at radius 2 is 1.98 bits per heavy atom. The molecule has 42 heavy (non-hydrogen) atoms. The van der Waals surface area contributed by atoms with Gasteiger partial charge >= 0.3 is 5.97 Å². The highest BCUT2D eigenvalue weighted by atomic mass is 32.2. The highest BCUT2D eigenvalue weighted by molar-refractivity contribution is 7.99. The summed E-state index contributed by atoms with van der Waals surface area (Å²) in [6.45, 7) is 7.51. The number of esters is 1. The maximum Gasteiger partial charge on any atom is 0.303 e. The first kappa shape index (κ1) is 29.4. The van der Waals surface area contributed by atoms with Crippen molar-refractivity contribution in [2.75, 3.05) is 18.2 Å². The first-order valence-electron chi connectivity index (χ1n) is 14.0. The molecule has 0 saturated heterocycles. The van der Waals surface area contributed by atoms with E-state index in [0.717, 1.165) is 34.9 Å². The Hall–Kier alpha value is -4.13. The average Bonchev–Trinajstić information content (AvgIpc) is 3.84. The van der Waals surface area contributed by atoms with E-state index in [1.807, 2.05) is 32.2 Å². The molecule has 0 radical (unpaired) electrons. The topological polar surface area (TPSA) is 147 Å². The van der Waals surface area contributed by atoms with Gasteiger partial charge in [0.05, 0.1) is 25.0 Å². The van der Waals surface area contributed by atoms with E-state index in [2.05, 4.69) is 32.2 Å². The largest absolute Gasteiger partial charge is 0.480 e. The summed E-state index contributed by atoms with van der Waals surface area (Å²) in [5, 5.41) is 3.16. The van der Waals surface area contributed by atoms with Crippen LogP contribution in [0.4, 0.5) is 5.82 Å². The molecule has 1 aliphatic carbocycles. The number of rotatable bonds is 12. The van der Waals surface area contributed by atoms with Crippen molar-refractivity contribution in [3.05, 3.63) is 52.1 Å². The van der Waals surface area contributed by atoms with Crippen molar-refractivity contribution in [3.8, 4) is 17.3 Å². The van der Waals surface area contributed by atoms with Gasteiger partial charge in [0.15, 0.2) is 17.3 Å². The van der Waals surface area contributed by atoms with Gasteiger partial charge in [-0.15, -0.1) is 11.8 Å². The number of nitrogens with one attached hydrogen (secondary N) is 1. The van der Waals surface area contributed by atoms with Crippen molar-refractivity contribution >= 4 is 34.7 Å². The molecule has 220 valence electrons. The van der Waals surface area contributed by atoms with Crippen LogP contribution in [0.2, 0.25) is 0 Å². The molecular weight excluding hydrogens is 556 g/mol. The van der Waals surface area contributed by atoms with Gasteiger partial charge in [0.2, 0.25) is 5.88 Å². The number of methoxy groups -OCH3 is 1. The molecule has 1 atom stereocenters. The predicted octanol–water partition coefficient (Wildman–Crippen LogP) is 4.68. The molecule has 0 aromatic carbocycles. The summed E-state index contributed by atoms with van der Waals surface area (Å²) in [6, 6.07) is 3.72. The molecule has 1 saturated carbocycles. The van der Waals surface area contributed by atoms with E-state index in [4.69, 9.17) is 19.4 Å². The molecule has 0 amide bonds. The second kappa shape index (κ2) is 12.8. The number of thioether (sulfide) groups is 1. The van der Waals surface area contributed by atoms with Crippen LogP contribution >= 0.6 is 11.8 Å². The van der Waals surface area contributed by atoms with E-state index in [1.54, 1.807) is 16.3 Å². The Balaban J connectivity index is 1.67. The minimum absolute atomic E-state index is 0.135. The standard InChI is InChI=1S/C29H34N8O4S/c1-6-16(3)37-27-24(35-26(29(37)39)31-12-19-10-11-20(13-30-19)42-7-2)21(14-41-17(4)38)34-25(36-27)22-23(18-8-9-18)32-15-33-28(22)40-5/h10-11,13,15-16,18H,6-9,12,14H2,1-5H3,(H,31,35)/t16-/m1/s1. The smallest absolute Gasteiger partial charge is 0.303 e. The number of hydrogen-bond acceptors (Lipinski definition) is 12. The molecule has 0 unspecified atom stereocenters. The summed E-state index contributed by atoms with van der Waals surface area (Å²) in [7, 11) is 1.53. The molecule has 1 fully saturated rings. The van der Waals surface area contributed by atoms with Gasteiger partial charge in [0.1, 0.15) is 29.7 Å². The van der Waals surface area contributed by atoms with Crippen LogP contribution in [0.5, 0.6) is 5.88 Å². The summed E-state index contributed by atoms with van der Waals surface area (Å²) in [5.41, 5.74) is 2.84. The van der Waals surface area contributed by atoms with Crippen LogP contribution in [0.1, 0.15) is 76.0 Å². The minimum atomic E-state index is -0.466. The van der Waals surface area contributed by atoms with Gasteiger partial charge in [-0.2, -0.15) is 0 Å². The van der Waals surface area contributed by atoms with E-state index in [1.165, 1.54) is 20.4 Å². The van der Waals surface area contributed by atoms with Crippen molar-refractivity contribution < 1.29 is 14.3 Å². The lowest BCUT2D eigenvalue weighted by Gasteiger charge is -2.19. The van der Waals surface area contributed by atoms with Crippen molar-refractivity contribution in [3.63, 3.8) is 0 Å². The molecule has 13 heteroatoms. The third kappa shape index (κ3) is 6.20. The summed E-state index contributed by atoms with van der Waals surface area (Å²) in [5.74, 6) is 1.50. The predicted molar refractivity (Wildman–Crippen MR) is 160 cm³/mol. The quantitative estimate of drug-likeness (QED) is 0.180. The van der Waals surface area contributed by atoms with Crippen LogP contribution in [0.15, 0.2) is 34.3 Å². The normalized spacial score (nSPS) is 13.6. The SMILES string of the molecule is CCSc1ccc(CNc2nc3c(COC(C)=O)nc(-c4c(OC)ncnc4C4CC4)nc3n([C@H](C)CC)c2=O)nc1. The van der Waals surface area contributed by atoms with Crippen LogP contribution in [0.3, 0.4) is 0 Å². The maximum absolute atomic E-state index is 13.9. The fourth-order valence-corrected chi connectivity index (χ4v) is 5.21. The molecule has 1 aliphatic rings. The van der Waals surface area contributed by atoms with E-state index in [9.17, 15) is 9.59 Å². The van der Waals surface area contributed by atoms with Gasteiger partial charge in [0, 0.05) is 30.0 Å². The van der Waals surface area contributed by atoms with Gasteiger partial charge in [-0.05, 0) is 44.1 Å². The van der Waals surface area contributed by atoms with Crippen molar-refractivity contribution in [1.29, 1.82) is 0 Å². The van der Waals surface area contributed by atoms with E-state index >= 15 is 0 Å². The first-order valence-corrected chi connectivity index (χ1v) is 15.0. The summed E-state index contributed by atoms with van der Waals surface area (Å²) in [4.78, 5) is 54.5. The fourth-order valence-electron chi connectivity index (χ4n) is 4.58. The maximum atomic E-state index is 13.9. The second-order valence-electron chi connectivity index (χ2n) is 10.0. The molecule has 12 nitrogen and oxygen atoms in total. The van der Waals surface area contributed by atoms with Gasteiger partial charge in [-0.1, -0.05) is 13.8 Å². The Bertz CT molecular complexity index is 1660. The molecule has 5 rings (SSSR count). The van der Waals surface area contributed by atoms with Gasteiger partial charge in [-0.25, -0.2) is 24.9 Å². The highest BCUT2D eigenvalue weighted by Crippen LogP contribution is 2.45. The van der Waals surface area contributed by atoms with Gasteiger partial charge in [0.25, 0.3) is 5.56 Å². The number of carbonyl (C=O) groups excluding carboxylic acids is 1.